The number of hydrogen-bond acceptors (Lipinski definition) is 1. The summed E-state index contributed by atoms with van der Waals surface area (Å²) < 4.78 is 31.5. The first kappa shape index (κ1) is 12.7. The van der Waals surface area contributed by atoms with Gasteiger partial charge >= 0.3 is 0 Å². The minimum absolute atomic E-state index is 0.285. The molecule has 0 atom stereocenters. The largest absolute Gasteiger partial charge is 0.493 e. The summed E-state index contributed by atoms with van der Waals surface area (Å²) in [5, 5.41) is 0. The summed E-state index contributed by atoms with van der Waals surface area (Å²) in [5.74, 6) is -0.761. The van der Waals surface area contributed by atoms with Crippen molar-refractivity contribution in [3.05, 3.63) is 48.4 Å². The van der Waals surface area contributed by atoms with Gasteiger partial charge in [-0.3, -0.25) is 0 Å². The second-order valence-corrected chi connectivity index (χ2v) is 3.33. The van der Waals surface area contributed by atoms with Crippen LogP contribution in [0.1, 0.15) is 25.3 Å². The number of allylic oxidation sites excluding steroid dienone is 1. The number of ether oxygens (including phenoxy) is 1. The third kappa shape index (κ3) is 3.33. The molecule has 0 fully saturated rings. The Balaban J connectivity index is 2.80. The van der Waals surface area contributed by atoms with Crippen molar-refractivity contribution in [2.75, 3.05) is 6.61 Å². The van der Waals surface area contributed by atoms with E-state index in [1.165, 1.54) is 12.1 Å². The number of rotatable bonds is 5. The third-order valence-corrected chi connectivity index (χ3v) is 2.11. The molecule has 0 saturated heterocycles. The predicted octanol–water partition coefficient (Wildman–Crippen LogP) is 3.96. The number of unbranched alkanes of at least 4 members (excludes halogenated alkanes) is 1. The Labute approximate surface area is 94.7 Å². The van der Waals surface area contributed by atoms with Crippen LogP contribution in [0.2, 0.25) is 0 Å². The van der Waals surface area contributed by atoms with E-state index in [2.05, 4.69) is 6.92 Å². The smallest absolute Gasteiger partial charge is 0.137 e. The molecule has 0 bridgehead atoms. The molecule has 0 aliphatic carbocycles. The Hall–Kier alpha value is -1.38. The van der Waals surface area contributed by atoms with Crippen molar-refractivity contribution < 1.29 is 13.5 Å². The second kappa shape index (κ2) is 6.26. The first-order valence-corrected chi connectivity index (χ1v) is 5.22. The van der Waals surface area contributed by atoms with Gasteiger partial charge in [0.2, 0.25) is 0 Å². The normalized spacial score (nSPS) is 11.6. The molecule has 1 aromatic rings. The topological polar surface area (TPSA) is 9.23 Å². The van der Waals surface area contributed by atoms with E-state index < -0.39 is 11.6 Å². The van der Waals surface area contributed by atoms with Gasteiger partial charge in [0.1, 0.15) is 17.4 Å². The van der Waals surface area contributed by atoms with Crippen molar-refractivity contribution in [3.8, 4) is 0 Å². The van der Waals surface area contributed by atoms with Crippen LogP contribution in [0.3, 0.4) is 0 Å². The molecule has 1 aromatic carbocycles. The molecular formula is C13H15F2O. The van der Waals surface area contributed by atoms with Gasteiger partial charge in [0, 0.05) is 6.07 Å². The highest BCUT2D eigenvalue weighted by molar-refractivity contribution is 5.59. The van der Waals surface area contributed by atoms with E-state index in [9.17, 15) is 8.78 Å². The molecule has 1 radical (unpaired) electrons. The summed E-state index contributed by atoms with van der Waals surface area (Å²) in [7, 11) is 0. The Morgan fingerprint density at radius 1 is 1.44 bits per heavy atom. The van der Waals surface area contributed by atoms with Gasteiger partial charge in [0.25, 0.3) is 0 Å². The molecule has 0 heterocycles. The Bertz CT molecular complexity index is 372. The van der Waals surface area contributed by atoms with Gasteiger partial charge in [0.05, 0.1) is 12.2 Å². The molecule has 1 nitrogen and oxygen atoms in total. The van der Waals surface area contributed by atoms with Gasteiger partial charge in [0.15, 0.2) is 0 Å². The lowest BCUT2D eigenvalue weighted by molar-refractivity contribution is 0.270. The van der Waals surface area contributed by atoms with Gasteiger partial charge in [-0.1, -0.05) is 13.3 Å². The minimum Gasteiger partial charge on any atom is -0.493 e. The molecule has 0 unspecified atom stereocenters. The molecule has 16 heavy (non-hydrogen) atoms. The van der Waals surface area contributed by atoms with E-state index in [0.29, 0.717) is 12.4 Å². The van der Waals surface area contributed by atoms with E-state index in [1.807, 2.05) is 0 Å². The van der Waals surface area contributed by atoms with Gasteiger partial charge in [-0.05, 0) is 31.6 Å². The maximum atomic E-state index is 13.4. The lowest BCUT2D eigenvalue weighted by Crippen LogP contribution is -1.97. The third-order valence-electron chi connectivity index (χ3n) is 2.11. The second-order valence-electron chi connectivity index (χ2n) is 3.33. The van der Waals surface area contributed by atoms with Crippen molar-refractivity contribution in [2.45, 2.75) is 19.8 Å². The van der Waals surface area contributed by atoms with E-state index in [1.54, 1.807) is 13.0 Å². The average Bonchev–Trinajstić information content (AvgIpc) is 2.26. The van der Waals surface area contributed by atoms with Crippen LogP contribution in [0.4, 0.5) is 8.78 Å². The van der Waals surface area contributed by atoms with Crippen LogP contribution in [0, 0.1) is 18.6 Å². The van der Waals surface area contributed by atoms with Crippen molar-refractivity contribution >= 4 is 5.76 Å². The maximum Gasteiger partial charge on any atom is 0.137 e. The Morgan fingerprint density at radius 3 is 2.75 bits per heavy atom. The van der Waals surface area contributed by atoms with Crippen molar-refractivity contribution in [3.63, 3.8) is 0 Å². The maximum absolute atomic E-state index is 13.4. The van der Waals surface area contributed by atoms with Crippen LogP contribution < -0.4 is 0 Å². The number of benzene rings is 1. The summed E-state index contributed by atoms with van der Waals surface area (Å²) in [6.07, 6.45) is 3.24. The highest BCUT2D eigenvalue weighted by Gasteiger charge is 2.09. The van der Waals surface area contributed by atoms with Crippen LogP contribution in [0.25, 0.3) is 5.76 Å². The van der Waals surface area contributed by atoms with E-state index in [-0.39, 0.29) is 5.56 Å². The van der Waals surface area contributed by atoms with Gasteiger partial charge in [-0.15, -0.1) is 0 Å². The number of halogens is 2. The molecule has 0 N–H and O–H groups in total. The summed E-state index contributed by atoms with van der Waals surface area (Å²) in [6.45, 7) is 5.93. The van der Waals surface area contributed by atoms with Gasteiger partial charge < -0.3 is 4.74 Å². The molecule has 0 aliphatic rings. The summed E-state index contributed by atoms with van der Waals surface area (Å²) >= 11 is 0. The summed E-state index contributed by atoms with van der Waals surface area (Å²) in [6, 6.07) is 3.44. The Morgan fingerprint density at radius 2 is 2.19 bits per heavy atom. The van der Waals surface area contributed by atoms with E-state index in [4.69, 9.17) is 4.74 Å². The molecular weight excluding hydrogens is 210 g/mol. The van der Waals surface area contributed by atoms with Crippen LogP contribution in [0.5, 0.6) is 0 Å². The zero-order chi connectivity index (χ0) is 12.0. The summed E-state index contributed by atoms with van der Waals surface area (Å²) in [5.41, 5.74) is 0.285. The highest BCUT2D eigenvalue weighted by atomic mass is 19.1. The van der Waals surface area contributed by atoms with Crippen molar-refractivity contribution in [2.24, 2.45) is 0 Å². The first-order valence-electron chi connectivity index (χ1n) is 5.22. The molecule has 0 spiro atoms. The van der Waals surface area contributed by atoms with Gasteiger partial charge in [-0.25, -0.2) is 8.78 Å². The fourth-order valence-corrected chi connectivity index (χ4v) is 1.29. The molecule has 87 valence electrons. The molecule has 0 amide bonds. The van der Waals surface area contributed by atoms with E-state index in [0.717, 1.165) is 18.9 Å². The monoisotopic (exact) mass is 225 g/mol. The van der Waals surface area contributed by atoms with Crippen LogP contribution in [-0.2, 0) is 4.74 Å². The van der Waals surface area contributed by atoms with Crippen LogP contribution >= 0.6 is 0 Å². The Kier molecular flexibility index (Phi) is 4.96. The first-order chi connectivity index (χ1) is 7.69. The standard InChI is InChI=1S/C13H15F2O/c1-3-5-8-16-13(4-2)11-7-6-10(14)9-12(11)15/h4,6-7,9H,1,3,5,8H2,2H3. The zero-order valence-corrected chi connectivity index (χ0v) is 9.30. The van der Waals surface area contributed by atoms with Crippen LogP contribution in [0.15, 0.2) is 24.3 Å². The fourth-order valence-electron chi connectivity index (χ4n) is 1.29. The average molecular weight is 225 g/mol. The lowest BCUT2D eigenvalue weighted by Gasteiger charge is -2.10. The van der Waals surface area contributed by atoms with Crippen LogP contribution in [-0.4, -0.2) is 6.61 Å². The van der Waals surface area contributed by atoms with Crippen molar-refractivity contribution in [1.82, 2.24) is 0 Å². The quantitative estimate of drug-likeness (QED) is 0.544. The number of hydrogen-bond donors (Lipinski definition) is 0. The molecule has 0 aliphatic heterocycles. The predicted molar refractivity (Wildman–Crippen MR) is 60.6 cm³/mol. The van der Waals surface area contributed by atoms with Crippen molar-refractivity contribution in [1.29, 1.82) is 0 Å². The molecule has 3 heteroatoms. The molecule has 0 saturated carbocycles. The SMILES string of the molecule is [CH2]CCCOC(=CC)c1ccc(F)cc1F. The lowest BCUT2D eigenvalue weighted by atomic mass is 10.1. The highest BCUT2D eigenvalue weighted by Crippen LogP contribution is 2.20. The minimum atomic E-state index is -0.609. The molecule has 1 rings (SSSR count). The zero-order valence-electron chi connectivity index (χ0n) is 9.30. The van der Waals surface area contributed by atoms with E-state index >= 15 is 0 Å². The summed E-state index contributed by atoms with van der Waals surface area (Å²) in [4.78, 5) is 0. The fraction of sp³-hybridized carbons (Fsp3) is 0.308. The van der Waals surface area contributed by atoms with Gasteiger partial charge in [-0.2, -0.15) is 0 Å². The molecule has 0 aromatic heterocycles.